The number of carbonyl (C=O) groups is 1. The first-order valence-electron chi connectivity index (χ1n) is 10.7. The van der Waals surface area contributed by atoms with Crippen molar-refractivity contribution in [3.63, 3.8) is 0 Å². The van der Waals surface area contributed by atoms with E-state index < -0.39 is 6.04 Å². The summed E-state index contributed by atoms with van der Waals surface area (Å²) in [5, 5.41) is 6.02. The third-order valence-electron chi connectivity index (χ3n) is 5.79. The predicted molar refractivity (Wildman–Crippen MR) is 134 cm³/mol. The summed E-state index contributed by atoms with van der Waals surface area (Å²) in [5.41, 5.74) is 2.99. The van der Waals surface area contributed by atoms with Crippen molar-refractivity contribution in [2.75, 3.05) is 7.11 Å². The van der Waals surface area contributed by atoms with E-state index in [1.807, 2.05) is 61.7 Å². The smallest absolute Gasteiger partial charge is 0.328 e. The number of aromatic nitrogens is 3. The normalized spacial score (nSPS) is 12.8. The third-order valence-corrected chi connectivity index (χ3v) is 6.28. The first kappa shape index (κ1) is 22.9. The Balaban J connectivity index is 1.94. The molecule has 0 spiro atoms. The summed E-state index contributed by atoms with van der Waals surface area (Å²) in [4.78, 5) is 30.3. The van der Waals surface area contributed by atoms with Gasteiger partial charge in [0.1, 0.15) is 11.9 Å². The van der Waals surface area contributed by atoms with Crippen LogP contribution in [0.3, 0.4) is 0 Å². The fourth-order valence-electron chi connectivity index (χ4n) is 4.12. The van der Waals surface area contributed by atoms with Crippen LogP contribution in [0.15, 0.2) is 56.8 Å². The van der Waals surface area contributed by atoms with Crippen molar-refractivity contribution in [1.29, 1.82) is 0 Å². The molecule has 1 atom stereocenters. The molecule has 0 unspecified atom stereocenters. The fraction of sp³-hybridized carbons (Fsp3) is 0.280. The van der Waals surface area contributed by atoms with Gasteiger partial charge in [-0.15, -0.1) is 0 Å². The Morgan fingerprint density at radius 3 is 2.58 bits per heavy atom. The van der Waals surface area contributed by atoms with Crippen molar-refractivity contribution in [3.05, 3.63) is 74.4 Å². The zero-order chi connectivity index (χ0) is 23.9. The average Bonchev–Trinajstić information content (AvgIpc) is 3.08. The number of methoxy groups -OCH3 is 1. The Morgan fingerprint density at radius 2 is 1.88 bits per heavy atom. The topological polar surface area (TPSA) is 78.5 Å². The minimum Gasteiger partial charge on any atom is -0.467 e. The molecule has 4 rings (SSSR count). The summed E-state index contributed by atoms with van der Waals surface area (Å²) in [7, 11) is 1.38. The van der Waals surface area contributed by atoms with Crippen molar-refractivity contribution >= 4 is 49.9 Å². The van der Waals surface area contributed by atoms with Gasteiger partial charge in [-0.1, -0.05) is 48.0 Å². The van der Waals surface area contributed by atoms with Crippen molar-refractivity contribution in [2.24, 2.45) is 5.10 Å². The minimum atomic E-state index is -0.504. The highest BCUT2D eigenvalue weighted by Crippen LogP contribution is 2.28. The van der Waals surface area contributed by atoms with Crippen molar-refractivity contribution in [1.82, 2.24) is 14.2 Å². The van der Waals surface area contributed by atoms with Crippen LogP contribution in [0.2, 0.25) is 0 Å². The number of ether oxygens (including phenoxy) is 1. The van der Waals surface area contributed by atoms with E-state index in [2.05, 4.69) is 21.0 Å². The van der Waals surface area contributed by atoms with Gasteiger partial charge in [0, 0.05) is 32.6 Å². The summed E-state index contributed by atoms with van der Waals surface area (Å²) in [6.07, 6.45) is 1.68. The van der Waals surface area contributed by atoms with E-state index in [1.165, 1.54) is 11.8 Å². The van der Waals surface area contributed by atoms with Gasteiger partial charge in [-0.25, -0.2) is 9.78 Å². The van der Waals surface area contributed by atoms with Crippen LogP contribution in [0.5, 0.6) is 0 Å². The standard InChI is InChI=1S/C25H25BrN4O3/c1-14(2)23-28-21-11-10-17(26)12-19(21)24(31)30(23)27-13-20-15(3)29(16(4)25(32)33-5)22-9-7-6-8-18(20)22/h6-14,16H,1-5H3/t16-/m1/s1. The summed E-state index contributed by atoms with van der Waals surface area (Å²) in [6, 6.07) is 12.8. The number of halogens is 1. The zero-order valence-electron chi connectivity index (χ0n) is 19.2. The molecule has 0 saturated heterocycles. The third kappa shape index (κ3) is 3.99. The summed E-state index contributed by atoms with van der Waals surface area (Å²) < 4.78 is 9.07. The highest BCUT2D eigenvalue weighted by atomic mass is 79.9. The van der Waals surface area contributed by atoms with Gasteiger partial charge in [0.15, 0.2) is 0 Å². The SMILES string of the molecule is COC(=O)[C@@H](C)n1c(C)c(C=Nn2c(C(C)C)nc3ccc(Br)cc3c2=O)c2ccccc21. The van der Waals surface area contributed by atoms with Crippen LogP contribution in [0.1, 0.15) is 49.8 Å². The van der Waals surface area contributed by atoms with E-state index in [0.29, 0.717) is 16.7 Å². The molecule has 7 nitrogen and oxygen atoms in total. The molecule has 0 amide bonds. The van der Waals surface area contributed by atoms with Crippen LogP contribution in [0.4, 0.5) is 0 Å². The van der Waals surface area contributed by atoms with Crippen LogP contribution < -0.4 is 5.56 Å². The molecule has 33 heavy (non-hydrogen) atoms. The lowest BCUT2D eigenvalue weighted by Gasteiger charge is -2.15. The van der Waals surface area contributed by atoms with E-state index in [9.17, 15) is 9.59 Å². The molecule has 0 aliphatic rings. The molecular formula is C25H25BrN4O3. The average molecular weight is 509 g/mol. The molecule has 0 bridgehead atoms. The number of rotatable bonds is 5. The highest BCUT2D eigenvalue weighted by molar-refractivity contribution is 9.10. The summed E-state index contributed by atoms with van der Waals surface area (Å²) in [5.74, 6) is 0.241. The number of fused-ring (bicyclic) bond motifs is 2. The van der Waals surface area contributed by atoms with E-state index in [1.54, 1.807) is 19.2 Å². The molecule has 2 heterocycles. The number of esters is 1. The van der Waals surface area contributed by atoms with Gasteiger partial charge in [0.05, 0.1) is 24.2 Å². The Bertz CT molecular complexity index is 1470. The Labute approximate surface area is 199 Å². The summed E-state index contributed by atoms with van der Waals surface area (Å²) in [6.45, 7) is 7.70. The second kappa shape index (κ2) is 8.94. The van der Waals surface area contributed by atoms with Gasteiger partial charge >= 0.3 is 5.97 Å². The highest BCUT2D eigenvalue weighted by Gasteiger charge is 2.22. The largest absolute Gasteiger partial charge is 0.467 e. The molecule has 0 N–H and O–H groups in total. The van der Waals surface area contributed by atoms with Crippen LogP contribution in [-0.4, -0.2) is 33.5 Å². The van der Waals surface area contributed by atoms with Crippen LogP contribution >= 0.6 is 15.9 Å². The van der Waals surface area contributed by atoms with Gasteiger partial charge in [-0.2, -0.15) is 9.78 Å². The van der Waals surface area contributed by atoms with Crippen LogP contribution in [0, 0.1) is 6.92 Å². The lowest BCUT2D eigenvalue weighted by Crippen LogP contribution is -2.23. The Hall–Kier alpha value is -3.26. The maximum atomic E-state index is 13.3. The summed E-state index contributed by atoms with van der Waals surface area (Å²) >= 11 is 3.43. The van der Waals surface area contributed by atoms with E-state index >= 15 is 0 Å². The molecule has 4 aromatic rings. The maximum absolute atomic E-state index is 13.3. The molecule has 0 aliphatic heterocycles. The number of hydrogen-bond donors (Lipinski definition) is 0. The molecule has 0 aliphatic carbocycles. The molecule has 2 aromatic carbocycles. The zero-order valence-corrected chi connectivity index (χ0v) is 20.8. The van der Waals surface area contributed by atoms with Gasteiger partial charge in [0.25, 0.3) is 5.56 Å². The first-order valence-corrected chi connectivity index (χ1v) is 11.5. The van der Waals surface area contributed by atoms with Crippen LogP contribution in [0.25, 0.3) is 21.8 Å². The number of para-hydroxylation sites is 1. The molecule has 170 valence electrons. The van der Waals surface area contributed by atoms with Crippen molar-refractivity contribution < 1.29 is 9.53 Å². The van der Waals surface area contributed by atoms with E-state index in [-0.39, 0.29) is 17.4 Å². The van der Waals surface area contributed by atoms with Crippen LogP contribution in [-0.2, 0) is 9.53 Å². The molecule has 8 heteroatoms. The molecule has 0 fully saturated rings. The number of hydrogen-bond acceptors (Lipinski definition) is 5. The predicted octanol–water partition coefficient (Wildman–Crippen LogP) is 5.16. The second-order valence-corrected chi connectivity index (χ2v) is 9.15. The number of nitrogens with zero attached hydrogens (tertiary/aromatic N) is 4. The van der Waals surface area contributed by atoms with Gasteiger partial charge in [0.2, 0.25) is 0 Å². The molecule has 2 aromatic heterocycles. The quantitative estimate of drug-likeness (QED) is 0.275. The molecule has 0 saturated carbocycles. The monoisotopic (exact) mass is 508 g/mol. The number of carbonyl (C=O) groups excluding carboxylic acids is 1. The lowest BCUT2D eigenvalue weighted by atomic mass is 10.1. The Morgan fingerprint density at radius 1 is 1.15 bits per heavy atom. The number of benzene rings is 2. The van der Waals surface area contributed by atoms with Crippen molar-refractivity contribution in [3.8, 4) is 0 Å². The van der Waals surface area contributed by atoms with Gasteiger partial charge in [-0.05, 0) is 38.1 Å². The molecule has 0 radical (unpaired) electrons. The van der Waals surface area contributed by atoms with E-state index in [4.69, 9.17) is 9.72 Å². The van der Waals surface area contributed by atoms with Gasteiger partial charge < -0.3 is 9.30 Å². The fourth-order valence-corrected chi connectivity index (χ4v) is 4.48. The lowest BCUT2D eigenvalue weighted by molar-refractivity contribution is -0.143. The molecular weight excluding hydrogens is 484 g/mol. The maximum Gasteiger partial charge on any atom is 0.328 e. The Kier molecular flexibility index (Phi) is 6.21. The first-order chi connectivity index (χ1) is 15.7. The van der Waals surface area contributed by atoms with E-state index in [0.717, 1.165) is 26.6 Å². The second-order valence-electron chi connectivity index (χ2n) is 8.23. The van der Waals surface area contributed by atoms with Crippen molar-refractivity contribution in [2.45, 2.75) is 39.7 Å². The minimum absolute atomic E-state index is 0.00955. The van der Waals surface area contributed by atoms with Gasteiger partial charge in [-0.3, -0.25) is 4.79 Å².